The van der Waals surface area contributed by atoms with Crippen molar-refractivity contribution in [1.29, 1.82) is 0 Å². The van der Waals surface area contributed by atoms with Gasteiger partial charge in [-0.2, -0.15) is 5.10 Å². The molecule has 2 rings (SSSR count). The van der Waals surface area contributed by atoms with Crippen molar-refractivity contribution in [3.63, 3.8) is 0 Å². The Kier molecular flexibility index (Phi) is 4.47. The minimum atomic E-state index is -0.376. The van der Waals surface area contributed by atoms with Gasteiger partial charge in [-0.1, -0.05) is 13.0 Å². The Morgan fingerprint density at radius 1 is 1.40 bits per heavy atom. The molecule has 0 fully saturated rings. The fraction of sp³-hybridized carbons (Fsp3) is 0.357. The van der Waals surface area contributed by atoms with Crippen LogP contribution in [0.3, 0.4) is 0 Å². The second-order valence-corrected chi connectivity index (χ2v) is 4.68. The standard InChI is InChI=1S/C14H18N4O2/c1-3-7-15-10-12-6-8-17(16-12)13-5-4-11(2)9-14(13)18(19)20/h4-6,8-9,15H,3,7,10H2,1-2H3. The highest BCUT2D eigenvalue weighted by Crippen LogP contribution is 2.23. The third kappa shape index (κ3) is 3.21. The first-order valence-electron chi connectivity index (χ1n) is 6.62. The van der Waals surface area contributed by atoms with Gasteiger partial charge in [-0.15, -0.1) is 0 Å². The van der Waals surface area contributed by atoms with Crippen molar-refractivity contribution in [2.24, 2.45) is 0 Å². The highest BCUT2D eigenvalue weighted by Gasteiger charge is 2.16. The van der Waals surface area contributed by atoms with Gasteiger partial charge in [0.25, 0.3) is 5.69 Å². The van der Waals surface area contributed by atoms with E-state index in [0.717, 1.165) is 24.2 Å². The Hall–Kier alpha value is -2.21. The van der Waals surface area contributed by atoms with Crippen LogP contribution >= 0.6 is 0 Å². The van der Waals surface area contributed by atoms with Gasteiger partial charge < -0.3 is 5.32 Å². The van der Waals surface area contributed by atoms with E-state index in [1.165, 1.54) is 0 Å². The predicted molar refractivity (Wildman–Crippen MR) is 77.0 cm³/mol. The lowest BCUT2D eigenvalue weighted by atomic mass is 10.2. The summed E-state index contributed by atoms with van der Waals surface area (Å²) in [6, 6.07) is 7.00. The fourth-order valence-electron chi connectivity index (χ4n) is 1.96. The Morgan fingerprint density at radius 3 is 2.90 bits per heavy atom. The average Bonchev–Trinajstić information content (AvgIpc) is 2.87. The van der Waals surface area contributed by atoms with Crippen LogP contribution in [0.25, 0.3) is 5.69 Å². The molecule has 2 aromatic rings. The van der Waals surface area contributed by atoms with E-state index in [0.29, 0.717) is 12.2 Å². The van der Waals surface area contributed by atoms with Crippen LogP contribution in [-0.2, 0) is 6.54 Å². The highest BCUT2D eigenvalue weighted by atomic mass is 16.6. The molecular formula is C14H18N4O2. The monoisotopic (exact) mass is 274 g/mol. The van der Waals surface area contributed by atoms with E-state index in [-0.39, 0.29) is 10.6 Å². The predicted octanol–water partition coefficient (Wildman–Crippen LogP) is 2.59. The molecule has 1 aromatic heterocycles. The van der Waals surface area contributed by atoms with Crippen LogP contribution in [0.4, 0.5) is 5.69 Å². The van der Waals surface area contributed by atoms with E-state index in [2.05, 4.69) is 17.3 Å². The number of nitrogens with zero attached hydrogens (tertiary/aromatic N) is 3. The molecule has 0 unspecified atom stereocenters. The zero-order chi connectivity index (χ0) is 14.5. The van der Waals surface area contributed by atoms with E-state index in [9.17, 15) is 10.1 Å². The number of nitro benzene ring substituents is 1. The van der Waals surface area contributed by atoms with Crippen molar-refractivity contribution in [3.05, 3.63) is 51.8 Å². The topological polar surface area (TPSA) is 73.0 Å². The van der Waals surface area contributed by atoms with Crippen molar-refractivity contribution in [2.45, 2.75) is 26.8 Å². The summed E-state index contributed by atoms with van der Waals surface area (Å²) in [6.45, 7) is 5.53. The van der Waals surface area contributed by atoms with Crippen LogP contribution in [0, 0.1) is 17.0 Å². The second-order valence-electron chi connectivity index (χ2n) is 4.68. The van der Waals surface area contributed by atoms with Gasteiger partial charge in [0.1, 0.15) is 5.69 Å². The first kappa shape index (κ1) is 14.2. The zero-order valence-corrected chi connectivity index (χ0v) is 11.7. The van der Waals surface area contributed by atoms with E-state index < -0.39 is 0 Å². The largest absolute Gasteiger partial charge is 0.311 e. The van der Waals surface area contributed by atoms with Crippen molar-refractivity contribution < 1.29 is 4.92 Å². The number of aryl methyl sites for hydroxylation is 1. The van der Waals surface area contributed by atoms with Crippen molar-refractivity contribution >= 4 is 5.69 Å². The molecule has 0 aliphatic carbocycles. The summed E-state index contributed by atoms with van der Waals surface area (Å²) in [4.78, 5) is 10.7. The summed E-state index contributed by atoms with van der Waals surface area (Å²) in [6.07, 6.45) is 2.81. The number of aromatic nitrogens is 2. The molecule has 0 saturated carbocycles. The van der Waals surface area contributed by atoms with E-state index >= 15 is 0 Å². The van der Waals surface area contributed by atoms with Crippen LogP contribution < -0.4 is 5.32 Å². The number of hydrogen-bond acceptors (Lipinski definition) is 4. The molecule has 20 heavy (non-hydrogen) atoms. The van der Waals surface area contributed by atoms with E-state index in [1.807, 2.05) is 19.1 Å². The molecule has 0 aliphatic rings. The summed E-state index contributed by atoms with van der Waals surface area (Å²) < 4.78 is 1.56. The number of nitro groups is 1. The van der Waals surface area contributed by atoms with Gasteiger partial charge in [-0.25, -0.2) is 4.68 Å². The normalized spacial score (nSPS) is 10.7. The van der Waals surface area contributed by atoms with Crippen molar-refractivity contribution in [2.75, 3.05) is 6.54 Å². The first-order valence-corrected chi connectivity index (χ1v) is 6.62. The molecule has 0 atom stereocenters. The summed E-state index contributed by atoms with van der Waals surface area (Å²) in [5, 5.41) is 18.7. The quantitative estimate of drug-likeness (QED) is 0.499. The van der Waals surface area contributed by atoms with Gasteiger partial charge in [-0.3, -0.25) is 10.1 Å². The molecule has 0 bridgehead atoms. The maximum atomic E-state index is 11.1. The molecule has 6 heteroatoms. The molecule has 0 radical (unpaired) electrons. The lowest BCUT2D eigenvalue weighted by molar-refractivity contribution is -0.384. The Balaban J connectivity index is 2.25. The van der Waals surface area contributed by atoms with Gasteiger partial charge in [0.2, 0.25) is 0 Å². The highest BCUT2D eigenvalue weighted by molar-refractivity contribution is 5.53. The number of hydrogen-bond donors (Lipinski definition) is 1. The Morgan fingerprint density at radius 2 is 2.20 bits per heavy atom. The molecule has 1 N–H and O–H groups in total. The number of nitrogens with one attached hydrogen (secondary N) is 1. The number of rotatable bonds is 6. The van der Waals surface area contributed by atoms with E-state index in [1.54, 1.807) is 23.0 Å². The molecule has 0 spiro atoms. The summed E-state index contributed by atoms with van der Waals surface area (Å²) >= 11 is 0. The maximum Gasteiger partial charge on any atom is 0.295 e. The Bertz CT molecular complexity index is 607. The van der Waals surface area contributed by atoms with Gasteiger partial charge in [0.05, 0.1) is 10.6 Å². The van der Waals surface area contributed by atoms with Crippen molar-refractivity contribution in [3.8, 4) is 5.69 Å². The molecule has 1 aromatic carbocycles. The summed E-state index contributed by atoms with van der Waals surface area (Å²) in [5.41, 5.74) is 2.29. The van der Waals surface area contributed by atoms with E-state index in [4.69, 9.17) is 0 Å². The molecule has 1 heterocycles. The minimum absolute atomic E-state index is 0.0705. The molecule has 6 nitrogen and oxygen atoms in total. The third-order valence-corrected chi connectivity index (χ3v) is 2.95. The van der Waals surface area contributed by atoms with Crippen LogP contribution in [0.15, 0.2) is 30.5 Å². The van der Waals surface area contributed by atoms with Crippen LogP contribution in [-0.4, -0.2) is 21.2 Å². The van der Waals surface area contributed by atoms with Crippen molar-refractivity contribution in [1.82, 2.24) is 15.1 Å². The second kappa shape index (κ2) is 6.29. The smallest absolute Gasteiger partial charge is 0.295 e. The molecule has 106 valence electrons. The zero-order valence-electron chi connectivity index (χ0n) is 11.7. The fourth-order valence-corrected chi connectivity index (χ4v) is 1.96. The molecule has 0 saturated heterocycles. The first-order chi connectivity index (χ1) is 9.61. The average molecular weight is 274 g/mol. The third-order valence-electron chi connectivity index (χ3n) is 2.95. The SMILES string of the molecule is CCCNCc1ccn(-c2ccc(C)cc2[N+](=O)[O-])n1. The van der Waals surface area contributed by atoms with Gasteiger partial charge in [-0.05, 0) is 37.6 Å². The number of benzene rings is 1. The molecule has 0 amide bonds. The maximum absolute atomic E-state index is 11.1. The lowest BCUT2D eigenvalue weighted by Gasteiger charge is -2.04. The van der Waals surface area contributed by atoms with Crippen LogP contribution in [0.5, 0.6) is 0 Å². The summed E-state index contributed by atoms with van der Waals surface area (Å²) in [7, 11) is 0. The lowest BCUT2D eigenvalue weighted by Crippen LogP contribution is -2.14. The molecule has 0 aliphatic heterocycles. The molecular weight excluding hydrogens is 256 g/mol. The summed E-state index contributed by atoms with van der Waals surface area (Å²) in [5.74, 6) is 0. The van der Waals surface area contributed by atoms with Gasteiger partial charge in [0.15, 0.2) is 0 Å². The minimum Gasteiger partial charge on any atom is -0.311 e. The van der Waals surface area contributed by atoms with Crippen LogP contribution in [0.2, 0.25) is 0 Å². The Labute approximate surface area is 117 Å². The van der Waals surface area contributed by atoms with Gasteiger partial charge in [0, 0.05) is 18.8 Å². The van der Waals surface area contributed by atoms with Crippen LogP contribution in [0.1, 0.15) is 24.6 Å². The van der Waals surface area contributed by atoms with Gasteiger partial charge >= 0.3 is 0 Å².